The highest BCUT2D eigenvalue weighted by Crippen LogP contribution is 2.31. The number of esters is 1. The molecule has 0 radical (unpaired) electrons. The van der Waals surface area contributed by atoms with E-state index in [2.05, 4.69) is 11.8 Å². The van der Waals surface area contributed by atoms with Gasteiger partial charge in [-0.2, -0.15) is 0 Å². The molecule has 0 amide bonds. The summed E-state index contributed by atoms with van der Waals surface area (Å²) in [6, 6.07) is 29.6. The van der Waals surface area contributed by atoms with Crippen molar-refractivity contribution in [2.45, 2.75) is 64.4 Å². The Bertz CT molecular complexity index is 1210. The van der Waals surface area contributed by atoms with E-state index in [1.54, 1.807) is 6.92 Å². The predicted octanol–water partition coefficient (Wildman–Crippen LogP) is 5.07. The molecule has 3 aromatic rings. The molecule has 5 atom stereocenters. The topological polar surface area (TPSA) is 72.5 Å². The van der Waals surface area contributed by atoms with E-state index in [0.29, 0.717) is 19.8 Å². The van der Waals surface area contributed by atoms with Gasteiger partial charge in [-0.1, -0.05) is 96.9 Å². The van der Waals surface area contributed by atoms with Crippen molar-refractivity contribution in [2.75, 3.05) is 13.2 Å². The van der Waals surface area contributed by atoms with Crippen LogP contribution in [0, 0.1) is 11.8 Å². The highest BCUT2D eigenvalue weighted by atomic mass is 16.7. The van der Waals surface area contributed by atoms with Crippen molar-refractivity contribution in [2.24, 2.45) is 0 Å². The average molecular weight is 545 g/mol. The van der Waals surface area contributed by atoms with Gasteiger partial charge < -0.3 is 28.4 Å². The molecular formula is C33H36O7. The highest BCUT2D eigenvalue weighted by molar-refractivity contribution is 5.65. The number of ether oxygens (including phenoxy) is 6. The van der Waals surface area contributed by atoms with E-state index in [0.717, 1.165) is 16.7 Å². The molecule has 0 aromatic heterocycles. The van der Waals surface area contributed by atoms with Gasteiger partial charge in [0, 0.05) is 6.92 Å². The van der Waals surface area contributed by atoms with Gasteiger partial charge in [-0.05, 0) is 23.6 Å². The lowest BCUT2D eigenvalue weighted by atomic mass is 9.97. The molecule has 1 saturated heterocycles. The highest BCUT2D eigenvalue weighted by Gasteiger charge is 2.49. The first kappa shape index (κ1) is 29.5. The molecule has 7 nitrogen and oxygen atoms in total. The second-order valence-electron chi connectivity index (χ2n) is 9.37. The standard InChI is InChI=1S/C33H36O7/c1-3-4-20-35-33-32(39-23-28-18-12-7-13-19-28)31(38-22-27-16-10-6-11-17-27)30(29(40-33)24-36-25(2)34)37-21-26-14-8-5-9-15-26/h5-19,29-33H,20-24H2,1-2H3/t29-,30-,31+,32-,33?/m1/s1. The van der Waals surface area contributed by atoms with Crippen molar-refractivity contribution in [1.82, 2.24) is 0 Å². The molecule has 0 saturated carbocycles. The second-order valence-corrected chi connectivity index (χ2v) is 9.37. The van der Waals surface area contributed by atoms with Crippen LogP contribution >= 0.6 is 0 Å². The van der Waals surface area contributed by atoms with Gasteiger partial charge >= 0.3 is 5.97 Å². The number of hydrogen-bond acceptors (Lipinski definition) is 7. The van der Waals surface area contributed by atoms with Crippen LogP contribution in [0.4, 0.5) is 0 Å². The maximum Gasteiger partial charge on any atom is 0.302 e. The zero-order valence-corrected chi connectivity index (χ0v) is 22.9. The Hall–Kier alpha value is -3.51. The molecule has 1 unspecified atom stereocenters. The number of rotatable bonds is 13. The summed E-state index contributed by atoms with van der Waals surface area (Å²) in [5.41, 5.74) is 3.00. The van der Waals surface area contributed by atoms with Crippen molar-refractivity contribution >= 4 is 5.97 Å². The molecule has 1 aliphatic heterocycles. The first-order chi connectivity index (χ1) is 19.6. The molecule has 0 bridgehead atoms. The summed E-state index contributed by atoms with van der Waals surface area (Å²) in [5, 5.41) is 0. The molecule has 0 N–H and O–H groups in total. The quantitative estimate of drug-likeness (QED) is 0.220. The fourth-order valence-electron chi connectivity index (χ4n) is 4.41. The third-order valence-electron chi connectivity index (χ3n) is 6.39. The summed E-state index contributed by atoms with van der Waals surface area (Å²) < 4.78 is 37.3. The monoisotopic (exact) mass is 544 g/mol. The lowest BCUT2D eigenvalue weighted by molar-refractivity contribution is -0.324. The van der Waals surface area contributed by atoms with E-state index < -0.39 is 36.7 Å². The summed E-state index contributed by atoms with van der Waals surface area (Å²) in [5.74, 6) is 5.35. The van der Waals surface area contributed by atoms with E-state index in [9.17, 15) is 4.79 Å². The van der Waals surface area contributed by atoms with Gasteiger partial charge in [0.1, 0.15) is 37.6 Å². The minimum Gasteiger partial charge on any atom is -0.463 e. The Morgan fingerprint density at radius 3 is 1.65 bits per heavy atom. The van der Waals surface area contributed by atoms with Crippen LogP contribution in [0.2, 0.25) is 0 Å². The van der Waals surface area contributed by atoms with Crippen molar-refractivity contribution in [1.29, 1.82) is 0 Å². The van der Waals surface area contributed by atoms with Crippen LogP contribution in [0.3, 0.4) is 0 Å². The number of hydrogen-bond donors (Lipinski definition) is 0. The third kappa shape index (κ3) is 9.02. The molecule has 0 spiro atoms. The molecule has 40 heavy (non-hydrogen) atoms. The predicted molar refractivity (Wildman–Crippen MR) is 150 cm³/mol. The molecular weight excluding hydrogens is 508 g/mol. The molecule has 3 aromatic carbocycles. The third-order valence-corrected chi connectivity index (χ3v) is 6.39. The van der Waals surface area contributed by atoms with Crippen molar-refractivity contribution < 1.29 is 33.2 Å². The zero-order valence-electron chi connectivity index (χ0n) is 22.9. The van der Waals surface area contributed by atoms with Crippen LogP contribution in [-0.2, 0) is 53.0 Å². The summed E-state index contributed by atoms with van der Waals surface area (Å²) in [6.07, 6.45) is -3.38. The van der Waals surface area contributed by atoms with E-state index in [1.165, 1.54) is 6.92 Å². The smallest absolute Gasteiger partial charge is 0.302 e. The molecule has 7 heteroatoms. The maximum absolute atomic E-state index is 11.8. The number of benzene rings is 3. The molecule has 1 aliphatic rings. The molecule has 0 aliphatic carbocycles. The van der Waals surface area contributed by atoms with E-state index >= 15 is 0 Å². The molecule has 1 heterocycles. The van der Waals surface area contributed by atoms with Crippen LogP contribution in [-0.4, -0.2) is 49.9 Å². The Labute approximate surface area is 236 Å². The van der Waals surface area contributed by atoms with Gasteiger partial charge in [-0.3, -0.25) is 4.79 Å². The van der Waals surface area contributed by atoms with Crippen molar-refractivity contribution in [3.05, 3.63) is 108 Å². The number of carbonyl (C=O) groups is 1. The largest absolute Gasteiger partial charge is 0.463 e. The summed E-state index contributed by atoms with van der Waals surface area (Å²) in [6.45, 7) is 4.19. The van der Waals surface area contributed by atoms with Gasteiger partial charge in [0.15, 0.2) is 6.29 Å². The molecule has 210 valence electrons. The summed E-state index contributed by atoms with van der Waals surface area (Å²) in [4.78, 5) is 11.8. The van der Waals surface area contributed by atoms with Crippen molar-refractivity contribution in [3.8, 4) is 11.8 Å². The molecule has 1 fully saturated rings. The van der Waals surface area contributed by atoms with Crippen LogP contribution in [0.5, 0.6) is 0 Å². The fourth-order valence-corrected chi connectivity index (χ4v) is 4.41. The Morgan fingerprint density at radius 1 is 0.700 bits per heavy atom. The van der Waals surface area contributed by atoms with E-state index in [4.69, 9.17) is 28.4 Å². The summed E-state index contributed by atoms with van der Waals surface area (Å²) in [7, 11) is 0. The number of carbonyl (C=O) groups excluding carboxylic acids is 1. The Kier molecular flexibility index (Phi) is 11.7. The molecule has 4 rings (SSSR count). The van der Waals surface area contributed by atoms with Crippen LogP contribution < -0.4 is 0 Å². The van der Waals surface area contributed by atoms with Crippen LogP contribution in [0.1, 0.15) is 30.5 Å². The second kappa shape index (κ2) is 15.9. The SMILES string of the molecule is CC#CCOC1O[C@H](COC(C)=O)[C@@H](OCc2ccccc2)[C@H](OCc2ccccc2)[C@H]1OCc1ccccc1. The minimum atomic E-state index is -0.831. The van der Waals surface area contributed by atoms with Crippen LogP contribution in [0.15, 0.2) is 91.0 Å². The van der Waals surface area contributed by atoms with Gasteiger partial charge in [-0.15, -0.1) is 5.92 Å². The Morgan fingerprint density at radius 2 is 1.18 bits per heavy atom. The van der Waals surface area contributed by atoms with E-state index in [-0.39, 0.29) is 13.2 Å². The maximum atomic E-state index is 11.8. The summed E-state index contributed by atoms with van der Waals surface area (Å²) >= 11 is 0. The van der Waals surface area contributed by atoms with Gasteiger partial charge in [0.05, 0.1) is 19.8 Å². The van der Waals surface area contributed by atoms with Gasteiger partial charge in [0.2, 0.25) is 0 Å². The first-order valence-corrected chi connectivity index (χ1v) is 13.4. The minimum absolute atomic E-state index is 0.0231. The zero-order chi connectivity index (χ0) is 28.0. The average Bonchev–Trinajstić information content (AvgIpc) is 2.99. The van der Waals surface area contributed by atoms with E-state index in [1.807, 2.05) is 91.0 Å². The fraction of sp³-hybridized carbons (Fsp3) is 0.364. The first-order valence-electron chi connectivity index (χ1n) is 13.4. The normalized spacial score (nSPS) is 22.2. The van der Waals surface area contributed by atoms with Gasteiger partial charge in [0.25, 0.3) is 0 Å². The van der Waals surface area contributed by atoms with Gasteiger partial charge in [-0.25, -0.2) is 0 Å². The van der Waals surface area contributed by atoms with Crippen LogP contribution in [0.25, 0.3) is 0 Å². The Balaban J connectivity index is 1.64. The van der Waals surface area contributed by atoms with Crippen molar-refractivity contribution in [3.63, 3.8) is 0 Å². The lowest BCUT2D eigenvalue weighted by Crippen LogP contribution is -2.61. The lowest BCUT2D eigenvalue weighted by Gasteiger charge is -2.45.